The van der Waals surface area contributed by atoms with Gasteiger partial charge in [-0.1, -0.05) is 30.3 Å². The largest absolute Gasteiger partial charge is 0.497 e. The van der Waals surface area contributed by atoms with E-state index in [0.29, 0.717) is 33.3 Å². The lowest BCUT2D eigenvalue weighted by molar-refractivity contribution is -0.122. The predicted molar refractivity (Wildman–Crippen MR) is 131 cm³/mol. The first-order chi connectivity index (χ1) is 16.5. The highest BCUT2D eigenvalue weighted by molar-refractivity contribution is 7.13. The number of aromatic nitrogens is 1. The van der Waals surface area contributed by atoms with E-state index in [-0.39, 0.29) is 18.4 Å². The van der Waals surface area contributed by atoms with Gasteiger partial charge in [-0.2, -0.15) is 0 Å². The van der Waals surface area contributed by atoms with E-state index in [9.17, 15) is 9.59 Å². The van der Waals surface area contributed by atoms with Crippen molar-refractivity contribution >= 4 is 28.8 Å². The van der Waals surface area contributed by atoms with Crippen LogP contribution in [0.25, 0.3) is 0 Å². The maximum Gasteiger partial charge on any atom is 0.271 e. The molecule has 4 aromatic rings. The fraction of sp³-hybridized carbons (Fsp3) is 0.192. The number of nitrogens with one attached hydrogen (secondary N) is 1. The summed E-state index contributed by atoms with van der Waals surface area (Å²) < 4.78 is 10.6. The highest BCUT2D eigenvalue weighted by Gasteiger charge is 2.35. The highest BCUT2D eigenvalue weighted by Crippen LogP contribution is 2.33. The molecule has 174 valence electrons. The van der Waals surface area contributed by atoms with E-state index in [2.05, 4.69) is 10.3 Å². The molecule has 8 heteroatoms. The topological polar surface area (TPSA) is 84.7 Å². The molecule has 34 heavy (non-hydrogen) atoms. The van der Waals surface area contributed by atoms with Crippen LogP contribution in [0.15, 0.2) is 77.4 Å². The lowest BCUT2D eigenvalue weighted by Crippen LogP contribution is -2.43. The normalized spacial score (nSPS) is 11.6. The second-order valence-electron chi connectivity index (χ2n) is 7.63. The van der Waals surface area contributed by atoms with Gasteiger partial charge in [0.05, 0.1) is 30.6 Å². The number of aryl methyl sites for hydroxylation is 2. The van der Waals surface area contributed by atoms with Crippen molar-refractivity contribution in [3.8, 4) is 5.75 Å². The number of carbonyl (C=O) groups excluding carboxylic acids is 2. The van der Waals surface area contributed by atoms with Crippen LogP contribution in [-0.4, -0.2) is 23.9 Å². The summed E-state index contributed by atoms with van der Waals surface area (Å²) in [6.45, 7) is 3.87. The van der Waals surface area contributed by atoms with Crippen LogP contribution in [0.2, 0.25) is 0 Å². The first-order valence-corrected chi connectivity index (χ1v) is 11.6. The number of carbonyl (C=O) groups is 2. The van der Waals surface area contributed by atoms with Gasteiger partial charge in [-0.25, -0.2) is 4.98 Å². The minimum absolute atomic E-state index is 0.207. The first kappa shape index (κ1) is 23.3. The van der Waals surface area contributed by atoms with Gasteiger partial charge in [-0.3, -0.25) is 14.5 Å². The van der Waals surface area contributed by atoms with E-state index in [1.807, 2.05) is 37.3 Å². The Bertz CT molecular complexity index is 1250. The molecule has 0 fully saturated rings. The number of anilines is 1. The van der Waals surface area contributed by atoms with Gasteiger partial charge in [-0.15, -0.1) is 11.3 Å². The van der Waals surface area contributed by atoms with Crippen molar-refractivity contribution < 1.29 is 18.7 Å². The van der Waals surface area contributed by atoms with Gasteiger partial charge in [-0.05, 0) is 55.8 Å². The molecule has 0 aliphatic heterocycles. The molecule has 0 bridgehead atoms. The molecule has 7 nitrogen and oxygen atoms in total. The van der Waals surface area contributed by atoms with Gasteiger partial charge in [0.1, 0.15) is 22.4 Å². The van der Waals surface area contributed by atoms with Crippen LogP contribution in [0.3, 0.4) is 0 Å². The summed E-state index contributed by atoms with van der Waals surface area (Å²) in [5.74, 6) is 0.650. The van der Waals surface area contributed by atoms with Crippen molar-refractivity contribution in [3.05, 3.63) is 99.9 Å². The highest BCUT2D eigenvalue weighted by atomic mass is 32.1. The smallest absolute Gasteiger partial charge is 0.271 e. The number of nitrogens with zero attached hydrogens (tertiary/aromatic N) is 2. The van der Waals surface area contributed by atoms with Crippen molar-refractivity contribution in [2.24, 2.45) is 0 Å². The van der Waals surface area contributed by atoms with Crippen molar-refractivity contribution in [1.82, 2.24) is 10.3 Å². The maximum absolute atomic E-state index is 14.0. The summed E-state index contributed by atoms with van der Waals surface area (Å²) in [7, 11) is 1.58. The summed E-state index contributed by atoms with van der Waals surface area (Å²) in [6.07, 6.45) is 1.55. The number of amides is 2. The lowest BCUT2D eigenvalue weighted by Gasteiger charge is -2.31. The molecule has 4 rings (SSSR count). The van der Waals surface area contributed by atoms with E-state index in [1.165, 1.54) is 16.2 Å². The number of benzene rings is 2. The third kappa shape index (κ3) is 5.02. The third-order valence-corrected chi connectivity index (χ3v) is 6.37. The Morgan fingerprint density at radius 3 is 2.38 bits per heavy atom. The molecule has 0 radical (unpaired) electrons. The quantitative estimate of drug-likeness (QED) is 0.385. The minimum atomic E-state index is -0.918. The van der Waals surface area contributed by atoms with E-state index in [4.69, 9.17) is 9.15 Å². The molecule has 2 amide bonds. The molecule has 2 heterocycles. The van der Waals surface area contributed by atoms with Gasteiger partial charge in [0, 0.05) is 5.69 Å². The fourth-order valence-electron chi connectivity index (χ4n) is 3.70. The Kier molecular flexibility index (Phi) is 7.08. The van der Waals surface area contributed by atoms with E-state index < -0.39 is 6.04 Å². The molecule has 0 saturated carbocycles. The average Bonchev–Trinajstić information content (AvgIpc) is 3.50. The molecule has 0 saturated heterocycles. The zero-order valence-electron chi connectivity index (χ0n) is 19.1. The van der Waals surface area contributed by atoms with Crippen molar-refractivity contribution in [1.29, 1.82) is 0 Å². The third-order valence-electron chi connectivity index (χ3n) is 5.31. The zero-order chi connectivity index (χ0) is 24.1. The van der Waals surface area contributed by atoms with Gasteiger partial charge in [0.15, 0.2) is 0 Å². The molecule has 0 aliphatic rings. The van der Waals surface area contributed by atoms with Crippen LogP contribution < -0.4 is 15.0 Å². The molecular weight excluding hydrogens is 450 g/mol. The standard InChI is InChI=1S/C26H25N3O4S/c1-17-24(34-18(2)28-17)26(31)29(20-11-13-21(32-3)14-12-20)23(19-8-5-4-6-9-19)25(30)27-16-22-10-7-15-33-22/h4-15,23H,16H2,1-3H3,(H,27,30)/t23-/m0/s1. The maximum atomic E-state index is 14.0. The van der Waals surface area contributed by atoms with Gasteiger partial charge in [0.2, 0.25) is 5.91 Å². The van der Waals surface area contributed by atoms with Crippen molar-refractivity contribution in [2.45, 2.75) is 26.4 Å². The molecule has 1 N–H and O–H groups in total. The molecular formula is C26H25N3O4S. The van der Waals surface area contributed by atoms with Crippen LogP contribution in [0, 0.1) is 13.8 Å². The summed E-state index contributed by atoms with van der Waals surface area (Å²) >= 11 is 1.32. The summed E-state index contributed by atoms with van der Waals surface area (Å²) in [4.78, 5) is 34.0. The Balaban J connectivity index is 1.80. The Hall–Kier alpha value is -3.91. The van der Waals surface area contributed by atoms with Gasteiger partial charge >= 0.3 is 0 Å². The zero-order valence-corrected chi connectivity index (χ0v) is 20.0. The molecule has 1 atom stereocenters. The monoisotopic (exact) mass is 475 g/mol. The Morgan fingerprint density at radius 2 is 1.79 bits per heavy atom. The van der Waals surface area contributed by atoms with Gasteiger partial charge in [0.25, 0.3) is 5.91 Å². The molecule has 0 unspecified atom stereocenters. The van der Waals surface area contributed by atoms with Crippen LogP contribution in [0.5, 0.6) is 5.75 Å². The SMILES string of the molecule is COc1ccc(N(C(=O)c2sc(C)nc2C)[C@H](C(=O)NCc2ccco2)c2ccccc2)cc1. The second-order valence-corrected chi connectivity index (χ2v) is 8.83. The second kappa shape index (κ2) is 10.4. The number of hydrogen-bond donors (Lipinski definition) is 1. The number of furan rings is 1. The summed E-state index contributed by atoms with van der Waals surface area (Å²) in [6, 6.07) is 19.0. The first-order valence-electron chi connectivity index (χ1n) is 10.7. The van der Waals surface area contributed by atoms with Crippen LogP contribution >= 0.6 is 11.3 Å². The molecule has 2 aromatic carbocycles. The summed E-state index contributed by atoms with van der Waals surface area (Å²) in [5, 5.41) is 3.71. The van der Waals surface area contributed by atoms with E-state index in [1.54, 1.807) is 56.7 Å². The molecule has 2 aromatic heterocycles. The number of ether oxygens (including phenoxy) is 1. The number of rotatable bonds is 8. The van der Waals surface area contributed by atoms with E-state index in [0.717, 1.165) is 5.01 Å². The number of thiazole rings is 1. The van der Waals surface area contributed by atoms with Crippen LogP contribution in [0.4, 0.5) is 5.69 Å². The van der Waals surface area contributed by atoms with Crippen molar-refractivity contribution in [2.75, 3.05) is 12.0 Å². The molecule has 0 aliphatic carbocycles. The summed E-state index contributed by atoms with van der Waals surface area (Å²) in [5.41, 5.74) is 1.88. The predicted octanol–water partition coefficient (Wildman–Crippen LogP) is 5.07. The Labute approximate surface area is 202 Å². The fourth-order valence-corrected chi connectivity index (χ4v) is 4.56. The molecule has 0 spiro atoms. The number of hydrogen-bond acceptors (Lipinski definition) is 6. The Morgan fingerprint density at radius 1 is 1.06 bits per heavy atom. The lowest BCUT2D eigenvalue weighted by atomic mass is 10.0. The van der Waals surface area contributed by atoms with Crippen LogP contribution in [-0.2, 0) is 11.3 Å². The van der Waals surface area contributed by atoms with E-state index >= 15 is 0 Å². The average molecular weight is 476 g/mol. The van der Waals surface area contributed by atoms with Crippen molar-refractivity contribution in [3.63, 3.8) is 0 Å². The van der Waals surface area contributed by atoms with Gasteiger partial charge < -0.3 is 14.5 Å². The van der Waals surface area contributed by atoms with Crippen LogP contribution in [0.1, 0.15) is 37.7 Å². The number of methoxy groups -OCH3 is 1. The minimum Gasteiger partial charge on any atom is -0.497 e.